The lowest BCUT2D eigenvalue weighted by Gasteiger charge is -2.13. The molecule has 8 heteroatoms. The van der Waals surface area contributed by atoms with Gasteiger partial charge < -0.3 is 16.2 Å². The number of nitriles is 1. The average Bonchev–Trinajstić information content (AvgIpc) is 2.20. The zero-order chi connectivity index (χ0) is 13.1. The number of nitrogens with zero attached hydrogens (tertiary/aromatic N) is 2. The molecule has 92 valence electrons. The summed E-state index contributed by atoms with van der Waals surface area (Å²) in [5, 5.41) is 8.49. The summed E-state index contributed by atoms with van der Waals surface area (Å²) < 4.78 is 39.8. The second-order valence-electron chi connectivity index (χ2n) is 3.08. The van der Waals surface area contributed by atoms with E-state index in [-0.39, 0.29) is 24.3 Å². The minimum Gasteiger partial charge on any atom is -0.387 e. The van der Waals surface area contributed by atoms with Crippen LogP contribution in [0.1, 0.15) is 11.1 Å². The molecule has 0 aliphatic carbocycles. The summed E-state index contributed by atoms with van der Waals surface area (Å²) in [5.74, 6) is -0.859. The highest BCUT2D eigenvalue weighted by molar-refractivity contribution is 5.47. The fourth-order valence-electron chi connectivity index (χ4n) is 1.17. The maximum absolute atomic E-state index is 12.0. The Morgan fingerprint density at radius 3 is 2.53 bits per heavy atom. The first-order valence-electron chi connectivity index (χ1n) is 4.48. The van der Waals surface area contributed by atoms with Gasteiger partial charge in [0.1, 0.15) is 5.82 Å². The molecule has 0 aliphatic rings. The summed E-state index contributed by atoms with van der Waals surface area (Å²) >= 11 is 0. The van der Waals surface area contributed by atoms with Crippen molar-refractivity contribution in [3.63, 3.8) is 0 Å². The molecule has 1 heterocycles. The van der Waals surface area contributed by atoms with Crippen molar-refractivity contribution in [3.05, 3.63) is 17.2 Å². The molecule has 0 aromatic carbocycles. The van der Waals surface area contributed by atoms with E-state index < -0.39 is 12.2 Å². The fraction of sp³-hybridized carbons (Fsp3) is 0.333. The first-order valence-corrected chi connectivity index (χ1v) is 4.48. The Hall–Kier alpha value is -2.01. The number of aromatic nitrogens is 1. The quantitative estimate of drug-likeness (QED) is 0.831. The number of anilines is 1. The molecule has 1 aromatic rings. The molecule has 1 aromatic heterocycles. The van der Waals surface area contributed by atoms with Gasteiger partial charge in [-0.25, -0.2) is 0 Å². The number of hydrogen-bond acceptors (Lipinski definition) is 5. The van der Waals surface area contributed by atoms with Gasteiger partial charge in [0.05, 0.1) is 12.5 Å². The van der Waals surface area contributed by atoms with Crippen molar-refractivity contribution in [1.29, 1.82) is 5.26 Å². The van der Waals surface area contributed by atoms with Gasteiger partial charge in [0, 0.05) is 17.7 Å². The van der Waals surface area contributed by atoms with Gasteiger partial charge in [-0.1, -0.05) is 0 Å². The molecule has 0 amide bonds. The normalized spacial score (nSPS) is 11.0. The van der Waals surface area contributed by atoms with Crippen LogP contribution in [0.4, 0.5) is 19.0 Å². The van der Waals surface area contributed by atoms with Gasteiger partial charge in [-0.2, -0.15) is 10.2 Å². The molecule has 0 unspecified atom stereocenters. The third-order valence-electron chi connectivity index (χ3n) is 1.88. The minimum absolute atomic E-state index is 0.0433. The molecule has 0 fully saturated rings. The van der Waals surface area contributed by atoms with Gasteiger partial charge in [0.15, 0.2) is 0 Å². The molecule has 5 nitrogen and oxygen atoms in total. The molecule has 0 radical (unpaired) electrons. The Morgan fingerprint density at radius 1 is 1.41 bits per heavy atom. The second-order valence-corrected chi connectivity index (χ2v) is 3.08. The number of pyridine rings is 1. The van der Waals surface area contributed by atoms with Crippen LogP contribution in [0.25, 0.3) is 0 Å². The molecular weight excluding hydrogens is 237 g/mol. The van der Waals surface area contributed by atoms with E-state index in [0.717, 1.165) is 0 Å². The van der Waals surface area contributed by atoms with E-state index in [1.807, 2.05) is 6.07 Å². The molecular formula is C9H9F3N4O. The van der Waals surface area contributed by atoms with Crippen LogP contribution in [0.15, 0.2) is 6.07 Å². The number of rotatable bonds is 3. The van der Waals surface area contributed by atoms with Crippen molar-refractivity contribution in [3.8, 4) is 11.9 Å². The molecule has 0 aliphatic heterocycles. The lowest BCUT2D eigenvalue weighted by molar-refractivity contribution is -0.276. The number of ether oxygens (including phenoxy) is 1. The van der Waals surface area contributed by atoms with Crippen molar-refractivity contribution in [1.82, 2.24) is 4.98 Å². The lowest BCUT2D eigenvalue weighted by Crippen LogP contribution is -2.20. The van der Waals surface area contributed by atoms with Crippen LogP contribution >= 0.6 is 0 Å². The molecule has 0 bridgehead atoms. The predicted molar refractivity (Wildman–Crippen MR) is 52.5 cm³/mol. The fourth-order valence-corrected chi connectivity index (χ4v) is 1.17. The third kappa shape index (κ3) is 3.49. The van der Waals surface area contributed by atoms with Crippen molar-refractivity contribution in [2.75, 3.05) is 5.73 Å². The standard InChI is InChI=1S/C9H9F3N4O/c10-9(11,12)17-8-6(4-14)3-5(1-2-13)7(15)16-8/h3H,1,4,14H2,(H2,15,16). The van der Waals surface area contributed by atoms with Gasteiger partial charge in [-0.3, -0.25) is 0 Å². The zero-order valence-corrected chi connectivity index (χ0v) is 8.58. The molecule has 1 rings (SSSR count). The van der Waals surface area contributed by atoms with Crippen LogP contribution in [0, 0.1) is 11.3 Å². The van der Waals surface area contributed by atoms with Crippen LogP contribution < -0.4 is 16.2 Å². The van der Waals surface area contributed by atoms with Gasteiger partial charge in [-0.15, -0.1) is 13.2 Å². The zero-order valence-electron chi connectivity index (χ0n) is 8.58. The van der Waals surface area contributed by atoms with Gasteiger partial charge in [-0.05, 0) is 6.07 Å². The maximum atomic E-state index is 12.0. The highest BCUT2D eigenvalue weighted by Gasteiger charge is 2.33. The summed E-state index contributed by atoms with van der Waals surface area (Å²) in [5.41, 5.74) is 11.0. The maximum Gasteiger partial charge on any atom is 0.574 e. The Kier molecular flexibility index (Phi) is 3.75. The predicted octanol–water partition coefficient (Wildman–Crippen LogP) is 1.09. The number of halogens is 3. The Balaban J connectivity index is 3.15. The number of nitrogen functional groups attached to an aromatic ring is 1. The minimum atomic E-state index is -4.86. The highest BCUT2D eigenvalue weighted by atomic mass is 19.4. The Labute approximate surface area is 94.8 Å². The molecule has 0 saturated heterocycles. The SMILES string of the molecule is N#CCc1cc(CN)c(OC(F)(F)F)nc1N. The van der Waals surface area contributed by atoms with Crippen LogP contribution in [0.2, 0.25) is 0 Å². The van der Waals surface area contributed by atoms with Crippen molar-refractivity contribution in [2.24, 2.45) is 5.73 Å². The summed E-state index contributed by atoms with van der Waals surface area (Å²) in [7, 11) is 0. The van der Waals surface area contributed by atoms with Crippen molar-refractivity contribution >= 4 is 5.82 Å². The van der Waals surface area contributed by atoms with Gasteiger partial charge in [0.25, 0.3) is 0 Å². The monoisotopic (exact) mass is 246 g/mol. The number of nitrogens with two attached hydrogens (primary N) is 2. The van der Waals surface area contributed by atoms with E-state index in [9.17, 15) is 13.2 Å². The Bertz CT molecular complexity index is 453. The first kappa shape index (κ1) is 13.1. The van der Waals surface area contributed by atoms with Crippen molar-refractivity contribution < 1.29 is 17.9 Å². The summed E-state index contributed by atoms with van der Waals surface area (Å²) in [6, 6.07) is 3.10. The number of alkyl halides is 3. The van der Waals surface area contributed by atoms with Crippen molar-refractivity contribution in [2.45, 2.75) is 19.3 Å². The highest BCUT2D eigenvalue weighted by Crippen LogP contribution is 2.27. The van der Waals surface area contributed by atoms with Gasteiger partial charge >= 0.3 is 6.36 Å². The third-order valence-corrected chi connectivity index (χ3v) is 1.88. The van der Waals surface area contributed by atoms with Crippen LogP contribution in [0.3, 0.4) is 0 Å². The molecule has 0 atom stereocenters. The van der Waals surface area contributed by atoms with E-state index in [4.69, 9.17) is 16.7 Å². The smallest absolute Gasteiger partial charge is 0.387 e. The Morgan fingerprint density at radius 2 is 2.06 bits per heavy atom. The summed E-state index contributed by atoms with van der Waals surface area (Å²) in [6.45, 7) is -0.197. The van der Waals surface area contributed by atoms with E-state index >= 15 is 0 Å². The summed E-state index contributed by atoms with van der Waals surface area (Å²) in [4.78, 5) is 3.45. The van der Waals surface area contributed by atoms with Crippen LogP contribution in [0.5, 0.6) is 5.88 Å². The first-order chi connectivity index (χ1) is 7.87. The van der Waals surface area contributed by atoms with E-state index in [0.29, 0.717) is 5.56 Å². The topological polar surface area (TPSA) is 98.0 Å². The van der Waals surface area contributed by atoms with E-state index in [2.05, 4.69) is 9.72 Å². The van der Waals surface area contributed by atoms with Crippen LogP contribution in [-0.4, -0.2) is 11.3 Å². The van der Waals surface area contributed by atoms with Gasteiger partial charge in [0.2, 0.25) is 5.88 Å². The molecule has 17 heavy (non-hydrogen) atoms. The number of hydrogen-bond donors (Lipinski definition) is 2. The van der Waals surface area contributed by atoms with E-state index in [1.54, 1.807) is 0 Å². The molecule has 4 N–H and O–H groups in total. The lowest BCUT2D eigenvalue weighted by atomic mass is 10.1. The summed E-state index contributed by atoms with van der Waals surface area (Å²) in [6.07, 6.45) is -4.92. The second kappa shape index (κ2) is 4.88. The molecule has 0 saturated carbocycles. The van der Waals surface area contributed by atoms with E-state index in [1.165, 1.54) is 6.07 Å². The van der Waals surface area contributed by atoms with Crippen LogP contribution in [-0.2, 0) is 13.0 Å². The average molecular weight is 246 g/mol. The molecule has 0 spiro atoms. The largest absolute Gasteiger partial charge is 0.574 e.